The summed E-state index contributed by atoms with van der Waals surface area (Å²) in [6, 6.07) is 5.49. The Kier molecular flexibility index (Phi) is 7.16. The number of carbonyl (C=O) groups is 2. The maximum atomic E-state index is 12.6. The van der Waals surface area contributed by atoms with Crippen molar-refractivity contribution >= 4 is 23.6 Å². The first-order valence-electron chi connectivity index (χ1n) is 8.46. The number of amides is 2. The average Bonchev–Trinajstić information content (AvgIpc) is 2.89. The predicted molar refractivity (Wildman–Crippen MR) is 103 cm³/mol. The van der Waals surface area contributed by atoms with Crippen LogP contribution >= 0.6 is 11.8 Å². The molecule has 0 unspecified atom stereocenters. The molecule has 1 aliphatic heterocycles. The Labute approximate surface area is 159 Å². The fourth-order valence-electron chi connectivity index (χ4n) is 2.74. The first-order valence-corrected chi connectivity index (χ1v) is 9.41. The van der Waals surface area contributed by atoms with Crippen LogP contribution in [0.1, 0.15) is 17.9 Å². The van der Waals surface area contributed by atoms with Crippen molar-refractivity contribution in [2.24, 2.45) is 0 Å². The van der Waals surface area contributed by atoms with Crippen molar-refractivity contribution in [2.45, 2.75) is 17.5 Å². The Balaban J connectivity index is 2.19. The SMILES string of the molecule is COc1ccc(OC)c([C@@H]2S[C@@H](C)C(=O)N2CC(=O)NCCN(C)C)c1. The summed E-state index contributed by atoms with van der Waals surface area (Å²) in [6.07, 6.45) is 0. The third kappa shape index (κ3) is 4.82. The fraction of sp³-hybridized carbons (Fsp3) is 0.556. The van der Waals surface area contributed by atoms with Crippen LogP contribution in [0.25, 0.3) is 0 Å². The Morgan fingerprint density at radius 1 is 1.31 bits per heavy atom. The summed E-state index contributed by atoms with van der Waals surface area (Å²) in [5.41, 5.74) is 0.829. The maximum absolute atomic E-state index is 12.6. The number of methoxy groups -OCH3 is 2. The van der Waals surface area contributed by atoms with E-state index in [2.05, 4.69) is 5.32 Å². The Hall–Kier alpha value is -1.93. The van der Waals surface area contributed by atoms with Crippen LogP contribution < -0.4 is 14.8 Å². The number of hydrogen-bond acceptors (Lipinski definition) is 6. The quantitative estimate of drug-likeness (QED) is 0.733. The first kappa shape index (κ1) is 20.4. The van der Waals surface area contributed by atoms with Gasteiger partial charge in [0, 0.05) is 18.7 Å². The molecule has 0 aromatic heterocycles. The third-order valence-electron chi connectivity index (χ3n) is 4.15. The second-order valence-electron chi connectivity index (χ2n) is 6.36. The van der Waals surface area contributed by atoms with E-state index in [0.717, 1.165) is 12.1 Å². The van der Waals surface area contributed by atoms with E-state index in [9.17, 15) is 9.59 Å². The van der Waals surface area contributed by atoms with Gasteiger partial charge < -0.3 is 24.6 Å². The van der Waals surface area contributed by atoms with Gasteiger partial charge >= 0.3 is 0 Å². The highest BCUT2D eigenvalue weighted by molar-refractivity contribution is 8.01. The van der Waals surface area contributed by atoms with Crippen LogP contribution in [-0.2, 0) is 9.59 Å². The largest absolute Gasteiger partial charge is 0.497 e. The molecular weight excluding hydrogens is 354 g/mol. The van der Waals surface area contributed by atoms with E-state index >= 15 is 0 Å². The summed E-state index contributed by atoms with van der Waals surface area (Å²) in [7, 11) is 7.07. The van der Waals surface area contributed by atoms with Crippen molar-refractivity contribution in [1.82, 2.24) is 15.1 Å². The van der Waals surface area contributed by atoms with E-state index < -0.39 is 0 Å². The summed E-state index contributed by atoms with van der Waals surface area (Å²) in [5.74, 6) is 1.14. The van der Waals surface area contributed by atoms with Gasteiger partial charge in [-0.2, -0.15) is 0 Å². The first-order chi connectivity index (χ1) is 12.4. The zero-order valence-electron chi connectivity index (χ0n) is 15.9. The normalized spacial score (nSPS) is 19.8. The minimum Gasteiger partial charge on any atom is -0.497 e. The molecule has 144 valence electrons. The summed E-state index contributed by atoms with van der Waals surface area (Å²) < 4.78 is 10.8. The number of hydrogen-bond donors (Lipinski definition) is 1. The lowest BCUT2D eigenvalue weighted by Gasteiger charge is -2.25. The molecule has 1 heterocycles. The highest BCUT2D eigenvalue weighted by Crippen LogP contribution is 2.46. The molecule has 0 aliphatic carbocycles. The minimum absolute atomic E-state index is 0.0225. The molecule has 8 heteroatoms. The van der Waals surface area contributed by atoms with Gasteiger partial charge in [0.2, 0.25) is 11.8 Å². The smallest absolute Gasteiger partial charge is 0.239 e. The molecule has 1 aromatic carbocycles. The molecule has 1 saturated heterocycles. The monoisotopic (exact) mass is 381 g/mol. The average molecular weight is 381 g/mol. The number of benzene rings is 1. The maximum Gasteiger partial charge on any atom is 0.239 e. The molecule has 7 nitrogen and oxygen atoms in total. The van der Waals surface area contributed by atoms with Crippen molar-refractivity contribution in [3.8, 4) is 11.5 Å². The fourth-order valence-corrected chi connectivity index (χ4v) is 4.03. The van der Waals surface area contributed by atoms with Crippen molar-refractivity contribution in [3.05, 3.63) is 23.8 Å². The molecule has 1 N–H and O–H groups in total. The van der Waals surface area contributed by atoms with Crippen LogP contribution in [0.3, 0.4) is 0 Å². The number of rotatable bonds is 8. The van der Waals surface area contributed by atoms with E-state index in [0.29, 0.717) is 18.0 Å². The lowest BCUT2D eigenvalue weighted by atomic mass is 10.1. The number of thioether (sulfide) groups is 1. The standard InChI is InChI=1S/C18H27N3O4S/c1-12-17(23)21(11-16(22)19-8-9-20(2)3)18(26-12)14-10-13(24-4)6-7-15(14)25-5/h6-7,10,12,18H,8-9,11H2,1-5H3,(H,19,22)/t12-,18-/m0/s1. The third-order valence-corrected chi connectivity index (χ3v) is 5.52. The highest BCUT2D eigenvalue weighted by Gasteiger charge is 2.40. The number of nitrogens with one attached hydrogen (secondary N) is 1. The van der Waals surface area contributed by atoms with Crippen molar-refractivity contribution in [2.75, 3.05) is 47.9 Å². The lowest BCUT2D eigenvalue weighted by Crippen LogP contribution is -2.41. The second-order valence-corrected chi connectivity index (χ2v) is 7.78. The molecule has 0 bridgehead atoms. The van der Waals surface area contributed by atoms with Gasteiger partial charge in [0.15, 0.2) is 0 Å². The van der Waals surface area contributed by atoms with Crippen LogP contribution in [0, 0.1) is 0 Å². The number of likely N-dealkylation sites (N-methyl/N-ethyl adjacent to an activating group) is 1. The van der Waals surface area contributed by atoms with Crippen molar-refractivity contribution < 1.29 is 19.1 Å². The topological polar surface area (TPSA) is 71.1 Å². The van der Waals surface area contributed by atoms with Crippen LogP contribution in [0.15, 0.2) is 18.2 Å². The molecule has 1 aromatic rings. The summed E-state index contributed by atoms with van der Waals surface area (Å²) >= 11 is 1.51. The molecule has 1 fully saturated rings. The molecule has 1 aliphatic rings. The van der Waals surface area contributed by atoms with Crippen LogP contribution in [0.5, 0.6) is 11.5 Å². The number of nitrogens with zero attached hydrogens (tertiary/aromatic N) is 2. The zero-order valence-corrected chi connectivity index (χ0v) is 16.8. The minimum atomic E-state index is -0.290. The van der Waals surface area contributed by atoms with Crippen molar-refractivity contribution in [1.29, 1.82) is 0 Å². The molecule has 2 atom stereocenters. The van der Waals surface area contributed by atoms with Gasteiger partial charge in [-0.1, -0.05) is 0 Å². The van der Waals surface area contributed by atoms with E-state index in [1.807, 2.05) is 44.1 Å². The van der Waals surface area contributed by atoms with E-state index in [-0.39, 0.29) is 29.0 Å². The van der Waals surface area contributed by atoms with Crippen LogP contribution in [0.4, 0.5) is 0 Å². The summed E-state index contributed by atoms with van der Waals surface area (Å²) in [5, 5.41) is 2.35. The molecule has 2 rings (SSSR count). The predicted octanol–water partition coefficient (Wildman–Crippen LogP) is 1.34. The molecule has 0 saturated carbocycles. The van der Waals surface area contributed by atoms with Gasteiger partial charge in [0.05, 0.1) is 19.5 Å². The van der Waals surface area contributed by atoms with Crippen molar-refractivity contribution in [3.63, 3.8) is 0 Å². The number of carbonyl (C=O) groups excluding carboxylic acids is 2. The van der Waals surface area contributed by atoms with Gasteiger partial charge in [0.25, 0.3) is 0 Å². The Morgan fingerprint density at radius 3 is 2.65 bits per heavy atom. The molecule has 0 radical (unpaired) electrons. The summed E-state index contributed by atoms with van der Waals surface area (Å²) in [6.45, 7) is 3.17. The van der Waals surface area contributed by atoms with Gasteiger partial charge in [-0.15, -0.1) is 11.8 Å². The Bertz CT molecular complexity index is 653. The van der Waals surface area contributed by atoms with Gasteiger partial charge in [0.1, 0.15) is 23.4 Å². The van der Waals surface area contributed by atoms with E-state index in [1.165, 1.54) is 11.8 Å². The second kappa shape index (κ2) is 9.14. The van der Waals surface area contributed by atoms with Gasteiger partial charge in [-0.25, -0.2) is 0 Å². The van der Waals surface area contributed by atoms with Gasteiger partial charge in [-0.3, -0.25) is 9.59 Å². The van der Waals surface area contributed by atoms with Crippen LogP contribution in [0.2, 0.25) is 0 Å². The van der Waals surface area contributed by atoms with E-state index in [4.69, 9.17) is 9.47 Å². The summed E-state index contributed by atoms with van der Waals surface area (Å²) in [4.78, 5) is 28.5. The molecule has 2 amide bonds. The number of ether oxygens (including phenoxy) is 2. The van der Waals surface area contributed by atoms with E-state index in [1.54, 1.807) is 19.1 Å². The van der Waals surface area contributed by atoms with Gasteiger partial charge in [-0.05, 0) is 39.2 Å². The highest BCUT2D eigenvalue weighted by atomic mass is 32.2. The zero-order chi connectivity index (χ0) is 19.3. The Morgan fingerprint density at radius 2 is 2.04 bits per heavy atom. The molecule has 26 heavy (non-hydrogen) atoms. The van der Waals surface area contributed by atoms with Crippen LogP contribution in [-0.4, -0.2) is 74.8 Å². The lowest BCUT2D eigenvalue weighted by molar-refractivity contribution is -0.135. The molecule has 0 spiro atoms. The molecular formula is C18H27N3O4S.